The first-order valence-corrected chi connectivity index (χ1v) is 11.0. The smallest absolute Gasteiger partial charge is 0.416 e. The lowest BCUT2D eigenvalue weighted by Gasteiger charge is -2.17. The largest absolute Gasteiger partial charge is 0.488 e. The van der Waals surface area contributed by atoms with Gasteiger partial charge in [0.15, 0.2) is 5.69 Å². The average Bonchev–Trinajstić information content (AvgIpc) is 3.28. The topological polar surface area (TPSA) is 59.4 Å². The summed E-state index contributed by atoms with van der Waals surface area (Å²) in [5, 5.41) is 10.0. The third-order valence-electron chi connectivity index (χ3n) is 5.77. The van der Waals surface area contributed by atoms with Crippen LogP contribution in [0, 0.1) is 6.92 Å². The minimum Gasteiger partial charge on any atom is -0.488 e. The van der Waals surface area contributed by atoms with Gasteiger partial charge in [0.05, 0.1) is 11.3 Å². The predicted octanol–water partition coefficient (Wildman–Crippen LogP) is 7.43. The van der Waals surface area contributed by atoms with Gasteiger partial charge in [0.1, 0.15) is 12.4 Å². The van der Waals surface area contributed by atoms with Crippen molar-refractivity contribution >= 4 is 28.7 Å². The normalized spacial score (nSPS) is 13.9. The number of aromatic nitrogens is 1. The molecule has 2 aromatic carbocycles. The SMILES string of the molecule is Cc1ccc(C2=C(c3cc(C(F)(F)F)ccc3OCc3ccc(Cl)cc3)CCC2)nc1C(=O)O. The highest BCUT2D eigenvalue weighted by atomic mass is 35.5. The molecule has 0 aliphatic heterocycles. The van der Waals surface area contributed by atoms with Gasteiger partial charge in [-0.1, -0.05) is 29.8 Å². The number of aromatic carboxylic acids is 1. The van der Waals surface area contributed by atoms with Gasteiger partial charge in [0.25, 0.3) is 0 Å². The molecular weight excluding hydrogens is 467 g/mol. The van der Waals surface area contributed by atoms with Crippen LogP contribution in [0.15, 0.2) is 54.6 Å². The average molecular weight is 488 g/mol. The summed E-state index contributed by atoms with van der Waals surface area (Å²) >= 11 is 5.92. The van der Waals surface area contributed by atoms with E-state index >= 15 is 0 Å². The first-order chi connectivity index (χ1) is 16.1. The Morgan fingerprint density at radius 1 is 1.06 bits per heavy atom. The molecule has 0 saturated carbocycles. The Hall–Kier alpha value is -3.32. The summed E-state index contributed by atoms with van der Waals surface area (Å²) in [4.78, 5) is 15.9. The fraction of sp³-hybridized carbons (Fsp3) is 0.231. The van der Waals surface area contributed by atoms with Crippen molar-refractivity contribution in [1.82, 2.24) is 4.98 Å². The molecule has 1 aliphatic rings. The maximum absolute atomic E-state index is 13.5. The minimum absolute atomic E-state index is 0.0699. The monoisotopic (exact) mass is 487 g/mol. The third-order valence-corrected chi connectivity index (χ3v) is 6.02. The van der Waals surface area contributed by atoms with Gasteiger partial charge in [-0.2, -0.15) is 13.2 Å². The second-order valence-corrected chi connectivity index (χ2v) is 8.54. The van der Waals surface area contributed by atoms with Crippen LogP contribution in [0.5, 0.6) is 5.75 Å². The molecule has 1 aliphatic carbocycles. The van der Waals surface area contributed by atoms with E-state index in [4.69, 9.17) is 16.3 Å². The number of alkyl halides is 3. The number of ether oxygens (including phenoxy) is 1. The van der Waals surface area contributed by atoms with Gasteiger partial charge in [-0.25, -0.2) is 9.78 Å². The Balaban J connectivity index is 1.79. The predicted molar refractivity (Wildman–Crippen MR) is 124 cm³/mol. The maximum Gasteiger partial charge on any atom is 0.416 e. The first-order valence-electron chi connectivity index (χ1n) is 10.7. The van der Waals surface area contributed by atoms with Crippen LogP contribution in [0.1, 0.15) is 57.7 Å². The number of allylic oxidation sites excluding steroid dienone is 2. The number of nitrogens with zero attached hydrogens (tertiary/aromatic N) is 1. The molecule has 0 amide bonds. The highest BCUT2D eigenvalue weighted by molar-refractivity contribution is 6.30. The zero-order valence-electron chi connectivity index (χ0n) is 18.2. The van der Waals surface area contributed by atoms with E-state index < -0.39 is 17.7 Å². The number of halogens is 4. The maximum atomic E-state index is 13.5. The highest BCUT2D eigenvalue weighted by Gasteiger charge is 2.32. The van der Waals surface area contributed by atoms with Gasteiger partial charge >= 0.3 is 12.1 Å². The molecule has 0 saturated heterocycles. The number of carboxylic acid groups (broad SMARTS) is 1. The number of rotatable bonds is 6. The molecule has 4 nitrogen and oxygen atoms in total. The van der Waals surface area contributed by atoms with Gasteiger partial charge < -0.3 is 9.84 Å². The van der Waals surface area contributed by atoms with Crippen molar-refractivity contribution in [2.45, 2.75) is 39.0 Å². The van der Waals surface area contributed by atoms with E-state index in [0.29, 0.717) is 46.0 Å². The van der Waals surface area contributed by atoms with E-state index in [9.17, 15) is 23.1 Å². The van der Waals surface area contributed by atoms with Crippen LogP contribution in [-0.2, 0) is 12.8 Å². The Bertz CT molecular complexity index is 1270. The molecule has 1 N–H and O–H groups in total. The number of hydrogen-bond acceptors (Lipinski definition) is 3. The van der Waals surface area contributed by atoms with Crippen LogP contribution in [0.4, 0.5) is 13.2 Å². The number of hydrogen-bond donors (Lipinski definition) is 1. The van der Waals surface area contributed by atoms with Crippen LogP contribution in [-0.4, -0.2) is 16.1 Å². The molecule has 0 bridgehead atoms. The molecule has 1 heterocycles. The fourth-order valence-corrected chi connectivity index (χ4v) is 4.17. The minimum atomic E-state index is -4.51. The first kappa shape index (κ1) is 23.8. The van der Waals surface area contributed by atoms with Crippen LogP contribution in [0.3, 0.4) is 0 Å². The highest BCUT2D eigenvalue weighted by Crippen LogP contribution is 2.44. The van der Waals surface area contributed by atoms with Crippen molar-refractivity contribution in [2.75, 3.05) is 0 Å². The lowest BCUT2D eigenvalue weighted by atomic mass is 9.96. The molecule has 0 spiro atoms. The molecule has 176 valence electrons. The van der Waals surface area contributed by atoms with Crippen LogP contribution in [0.25, 0.3) is 11.1 Å². The van der Waals surface area contributed by atoms with E-state index in [1.807, 2.05) is 0 Å². The summed E-state index contributed by atoms with van der Waals surface area (Å²) in [5.74, 6) is -0.825. The van der Waals surface area contributed by atoms with E-state index in [-0.39, 0.29) is 12.3 Å². The molecular formula is C26H21ClF3NO3. The lowest BCUT2D eigenvalue weighted by molar-refractivity contribution is -0.137. The quantitative estimate of drug-likeness (QED) is 0.392. The molecule has 1 aromatic heterocycles. The van der Waals surface area contributed by atoms with Crippen molar-refractivity contribution in [3.8, 4) is 5.75 Å². The molecule has 4 rings (SSSR count). The molecule has 0 unspecified atom stereocenters. The zero-order valence-corrected chi connectivity index (χ0v) is 19.0. The summed E-state index contributed by atoms with van der Waals surface area (Å²) in [5.41, 5.74) is 2.71. The van der Waals surface area contributed by atoms with E-state index in [0.717, 1.165) is 29.7 Å². The summed E-state index contributed by atoms with van der Waals surface area (Å²) in [7, 11) is 0. The van der Waals surface area contributed by atoms with E-state index in [2.05, 4.69) is 4.98 Å². The fourth-order valence-electron chi connectivity index (χ4n) is 4.05. The molecule has 8 heteroatoms. The van der Waals surface area contributed by atoms with E-state index in [1.165, 1.54) is 6.07 Å². The molecule has 0 radical (unpaired) electrons. The standard InChI is InChI=1S/C26H21ClF3NO3/c1-15-5-11-22(31-24(15)25(32)33)20-4-2-3-19(20)21-13-17(26(28,29)30)8-12-23(21)34-14-16-6-9-18(27)10-7-16/h5-13H,2-4,14H2,1H3,(H,32,33). The van der Waals surface area contributed by atoms with Crippen molar-refractivity contribution in [3.05, 3.63) is 93.3 Å². The second-order valence-electron chi connectivity index (χ2n) is 8.10. The van der Waals surface area contributed by atoms with Crippen molar-refractivity contribution in [1.29, 1.82) is 0 Å². The van der Waals surface area contributed by atoms with Gasteiger partial charge in [0.2, 0.25) is 0 Å². The van der Waals surface area contributed by atoms with E-state index in [1.54, 1.807) is 43.3 Å². The molecule has 34 heavy (non-hydrogen) atoms. The van der Waals surface area contributed by atoms with Crippen LogP contribution < -0.4 is 4.74 Å². The Kier molecular flexibility index (Phi) is 6.66. The summed E-state index contributed by atoms with van der Waals surface area (Å²) in [6, 6.07) is 13.8. The second kappa shape index (κ2) is 9.50. The molecule has 0 fully saturated rings. The Labute approximate surface area is 199 Å². The lowest BCUT2D eigenvalue weighted by Crippen LogP contribution is -2.07. The van der Waals surface area contributed by atoms with Gasteiger partial charge in [-0.15, -0.1) is 0 Å². The Morgan fingerprint density at radius 3 is 2.44 bits per heavy atom. The number of carboxylic acids is 1. The van der Waals surface area contributed by atoms with Gasteiger partial charge in [0, 0.05) is 10.6 Å². The summed E-state index contributed by atoms with van der Waals surface area (Å²) in [6.45, 7) is 1.81. The van der Waals surface area contributed by atoms with Crippen LogP contribution >= 0.6 is 11.6 Å². The third kappa shape index (κ3) is 5.09. The number of pyridine rings is 1. The summed E-state index contributed by atoms with van der Waals surface area (Å²) in [6.07, 6.45) is -2.68. The summed E-state index contributed by atoms with van der Waals surface area (Å²) < 4.78 is 46.6. The van der Waals surface area contributed by atoms with Crippen LogP contribution in [0.2, 0.25) is 5.02 Å². The van der Waals surface area contributed by atoms with Crippen molar-refractivity contribution < 1.29 is 27.8 Å². The van der Waals surface area contributed by atoms with Crippen molar-refractivity contribution in [3.63, 3.8) is 0 Å². The molecule has 0 atom stereocenters. The number of benzene rings is 2. The number of aryl methyl sites for hydroxylation is 1. The molecule has 3 aromatic rings. The number of carbonyl (C=O) groups is 1. The Morgan fingerprint density at radius 2 is 1.76 bits per heavy atom. The zero-order chi connectivity index (χ0) is 24.5. The van der Waals surface area contributed by atoms with Gasteiger partial charge in [-0.3, -0.25) is 0 Å². The van der Waals surface area contributed by atoms with Gasteiger partial charge in [-0.05, 0) is 84.9 Å². The van der Waals surface area contributed by atoms with Crippen molar-refractivity contribution in [2.24, 2.45) is 0 Å².